The van der Waals surface area contributed by atoms with E-state index in [0.29, 0.717) is 23.6 Å². The van der Waals surface area contributed by atoms with E-state index in [-0.39, 0.29) is 29.8 Å². The Balaban J connectivity index is 2.40. The molecule has 2 rings (SSSR count). The Morgan fingerprint density at radius 3 is 2.39 bits per heavy atom. The summed E-state index contributed by atoms with van der Waals surface area (Å²) in [6, 6.07) is 4.80. The van der Waals surface area contributed by atoms with Gasteiger partial charge in [0.1, 0.15) is 11.9 Å². The molecule has 1 atom stereocenters. The summed E-state index contributed by atoms with van der Waals surface area (Å²) in [5.41, 5.74) is 0.686. The van der Waals surface area contributed by atoms with Gasteiger partial charge in [-0.25, -0.2) is 0 Å². The lowest BCUT2D eigenvalue weighted by Crippen LogP contribution is -2.47. The van der Waals surface area contributed by atoms with E-state index in [0.717, 1.165) is 32.1 Å². The number of hydrogen-bond donors (Lipinski definition) is 1. The van der Waals surface area contributed by atoms with Crippen LogP contribution in [0.2, 0.25) is 0 Å². The first-order valence-electron chi connectivity index (χ1n) is 11.4. The fourth-order valence-corrected chi connectivity index (χ4v) is 4.25. The zero-order valence-corrected chi connectivity index (χ0v) is 20.0. The van der Waals surface area contributed by atoms with Crippen LogP contribution >= 0.6 is 11.6 Å². The number of methoxy groups -OCH3 is 1. The van der Waals surface area contributed by atoms with E-state index in [4.69, 9.17) is 21.1 Å². The topological polar surface area (TPSA) is 67.9 Å². The van der Waals surface area contributed by atoms with Crippen LogP contribution in [0.25, 0.3) is 0 Å². The molecule has 2 amide bonds. The summed E-state index contributed by atoms with van der Waals surface area (Å²) in [5.74, 6) is 0.548. The summed E-state index contributed by atoms with van der Waals surface area (Å²) in [6.45, 7) is 6.31. The van der Waals surface area contributed by atoms with Crippen LogP contribution in [-0.4, -0.2) is 48.4 Å². The Morgan fingerprint density at radius 1 is 1.16 bits per heavy atom. The predicted octanol–water partition coefficient (Wildman–Crippen LogP) is 4.84. The summed E-state index contributed by atoms with van der Waals surface area (Å²) < 4.78 is 11.3. The molecular weight excluding hydrogens is 416 g/mol. The number of halogens is 1. The van der Waals surface area contributed by atoms with Crippen molar-refractivity contribution < 1.29 is 19.1 Å². The zero-order chi connectivity index (χ0) is 22.8. The predicted molar refractivity (Wildman–Crippen MR) is 124 cm³/mol. The van der Waals surface area contributed by atoms with Crippen LogP contribution in [0.4, 0.5) is 0 Å². The van der Waals surface area contributed by atoms with Gasteiger partial charge in [-0.2, -0.15) is 0 Å². The average Bonchev–Trinajstić information content (AvgIpc) is 3.01. The number of ether oxygens (including phenoxy) is 2. The molecule has 31 heavy (non-hydrogen) atoms. The molecule has 0 saturated heterocycles. The molecule has 174 valence electrons. The molecule has 1 N–H and O–H groups in total. The first-order chi connectivity index (χ1) is 14.9. The van der Waals surface area contributed by atoms with Gasteiger partial charge in [0.2, 0.25) is 11.8 Å². The van der Waals surface area contributed by atoms with E-state index in [1.165, 1.54) is 12.8 Å². The third kappa shape index (κ3) is 7.30. The van der Waals surface area contributed by atoms with Crippen molar-refractivity contribution in [2.45, 2.75) is 83.9 Å². The maximum atomic E-state index is 13.5. The van der Waals surface area contributed by atoms with Crippen LogP contribution in [-0.2, 0) is 9.59 Å². The van der Waals surface area contributed by atoms with Crippen LogP contribution < -0.4 is 14.8 Å². The lowest BCUT2D eigenvalue weighted by Gasteiger charge is -2.32. The molecule has 0 spiro atoms. The SMILES string of the molecule is CCCN(C(=O)CCl)[C@H](C(=O)NC1CCCCCC1)c1ccc(OC(C)C)c(OC)c1. The van der Waals surface area contributed by atoms with Crippen molar-refractivity contribution in [1.82, 2.24) is 10.2 Å². The summed E-state index contributed by atoms with van der Waals surface area (Å²) in [4.78, 5) is 27.8. The smallest absolute Gasteiger partial charge is 0.247 e. The number of carbonyl (C=O) groups is 2. The molecule has 0 unspecified atom stereocenters. The molecule has 6 nitrogen and oxygen atoms in total. The number of amides is 2. The second-order valence-corrected chi connectivity index (χ2v) is 8.66. The van der Waals surface area contributed by atoms with Crippen LogP contribution in [0.5, 0.6) is 11.5 Å². The number of benzene rings is 1. The van der Waals surface area contributed by atoms with Crippen LogP contribution in [0.1, 0.15) is 77.3 Å². The van der Waals surface area contributed by atoms with Crippen molar-refractivity contribution in [2.75, 3.05) is 19.5 Å². The molecule has 1 saturated carbocycles. The van der Waals surface area contributed by atoms with Crippen molar-refractivity contribution in [3.8, 4) is 11.5 Å². The average molecular weight is 453 g/mol. The van der Waals surface area contributed by atoms with Gasteiger partial charge in [-0.05, 0) is 50.8 Å². The van der Waals surface area contributed by atoms with Crippen LogP contribution in [0.15, 0.2) is 18.2 Å². The quantitative estimate of drug-likeness (QED) is 0.407. The summed E-state index contributed by atoms with van der Waals surface area (Å²) >= 11 is 5.91. The lowest BCUT2D eigenvalue weighted by molar-refractivity contribution is -0.139. The Morgan fingerprint density at radius 2 is 1.84 bits per heavy atom. The maximum absolute atomic E-state index is 13.5. The number of nitrogens with zero attached hydrogens (tertiary/aromatic N) is 1. The number of alkyl halides is 1. The Labute approximate surface area is 191 Å². The third-order valence-electron chi connectivity index (χ3n) is 5.53. The molecular formula is C24H37ClN2O4. The highest BCUT2D eigenvalue weighted by atomic mass is 35.5. The summed E-state index contributed by atoms with van der Waals surface area (Å²) in [7, 11) is 1.57. The van der Waals surface area contributed by atoms with Crippen molar-refractivity contribution in [1.29, 1.82) is 0 Å². The first-order valence-corrected chi connectivity index (χ1v) is 11.9. The van der Waals surface area contributed by atoms with Crippen molar-refractivity contribution in [3.05, 3.63) is 23.8 Å². The lowest BCUT2D eigenvalue weighted by atomic mass is 10.0. The van der Waals surface area contributed by atoms with Crippen molar-refractivity contribution >= 4 is 23.4 Å². The Hall–Kier alpha value is -1.95. The number of nitrogens with one attached hydrogen (secondary N) is 1. The fraction of sp³-hybridized carbons (Fsp3) is 0.667. The van der Waals surface area contributed by atoms with Gasteiger partial charge >= 0.3 is 0 Å². The molecule has 0 radical (unpaired) electrons. The van der Waals surface area contributed by atoms with Gasteiger partial charge in [-0.15, -0.1) is 11.6 Å². The molecule has 1 aromatic rings. The van der Waals surface area contributed by atoms with Gasteiger partial charge in [-0.3, -0.25) is 9.59 Å². The van der Waals surface area contributed by atoms with Gasteiger partial charge in [0.15, 0.2) is 11.5 Å². The first kappa shape index (κ1) is 25.3. The van der Waals surface area contributed by atoms with Gasteiger partial charge in [0, 0.05) is 12.6 Å². The molecule has 0 aromatic heterocycles. The van der Waals surface area contributed by atoms with Crippen LogP contribution in [0, 0.1) is 0 Å². The minimum atomic E-state index is -0.767. The highest BCUT2D eigenvalue weighted by molar-refractivity contribution is 6.27. The van der Waals surface area contributed by atoms with E-state index < -0.39 is 6.04 Å². The largest absolute Gasteiger partial charge is 0.493 e. The molecule has 0 bridgehead atoms. The second-order valence-electron chi connectivity index (χ2n) is 8.40. The molecule has 0 heterocycles. The van der Waals surface area contributed by atoms with Crippen molar-refractivity contribution in [2.24, 2.45) is 0 Å². The summed E-state index contributed by atoms with van der Waals surface area (Å²) in [5, 5.41) is 3.21. The molecule has 1 aliphatic rings. The Bertz CT molecular complexity index is 718. The normalized spacial score (nSPS) is 15.8. The molecule has 0 aliphatic heterocycles. The molecule has 1 aliphatic carbocycles. The second kappa shape index (κ2) is 12.8. The fourth-order valence-electron chi connectivity index (χ4n) is 4.10. The van der Waals surface area contributed by atoms with Gasteiger partial charge in [-0.1, -0.05) is 38.7 Å². The maximum Gasteiger partial charge on any atom is 0.247 e. The number of hydrogen-bond acceptors (Lipinski definition) is 4. The van der Waals surface area contributed by atoms with Crippen molar-refractivity contribution in [3.63, 3.8) is 0 Å². The number of carbonyl (C=O) groups excluding carboxylic acids is 2. The highest BCUT2D eigenvalue weighted by Gasteiger charge is 2.32. The third-order valence-corrected chi connectivity index (χ3v) is 5.76. The van der Waals surface area contributed by atoms with E-state index in [1.807, 2.05) is 26.8 Å². The minimum absolute atomic E-state index is 0.0106. The van der Waals surface area contributed by atoms with Gasteiger partial charge in [0.25, 0.3) is 0 Å². The van der Waals surface area contributed by atoms with Crippen LogP contribution in [0.3, 0.4) is 0 Å². The molecule has 7 heteroatoms. The highest BCUT2D eigenvalue weighted by Crippen LogP contribution is 2.33. The summed E-state index contributed by atoms with van der Waals surface area (Å²) in [6.07, 6.45) is 7.30. The zero-order valence-electron chi connectivity index (χ0n) is 19.3. The molecule has 1 aromatic carbocycles. The monoisotopic (exact) mass is 452 g/mol. The number of rotatable bonds is 10. The van der Waals surface area contributed by atoms with Gasteiger partial charge in [0.05, 0.1) is 13.2 Å². The van der Waals surface area contributed by atoms with E-state index in [1.54, 1.807) is 24.1 Å². The minimum Gasteiger partial charge on any atom is -0.493 e. The Kier molecular flexibility index (Phi) is 10.4. The molecule has 1 fully saturated rings. The van der Waals surface area contributed by atoms with Gasteiger partial charge < -0.3 is 19.7 Å². The van der Waals surface area contributed by atoms with E-state index in [9.17, 15) is 9.59 Å². The van der Waals surface area contributed by atoms with E-state index in [2.05, 4.69) is 5.32 Å². The van der Waals surface area contributed by atoms with E-state index >= 15 is 0 Å². The standard InChI is InChI=1S/C24H37ClN2O4/c1-5-14-27(22(28)16-25)23(24(29)26-19-10-8-6-7-9-11-19)18-12-13-20(31-17(2)3)21(15-18)30-4/h12-13,15,17,19,23H,5-11,14,16H2,1-4H3,(H,26,29)/t23-/m0/s1.